The van der Waals surface area contributed by atoms with Gasteiger partial charge in [0.05, 0.1) is 14.2 Å². The van der Waals surface area contributed by atoms with Gasteiger partial charge in [0.2, 0.25) is 0 Å². The highest BCUT2D eigenvalue weighted by Gasteiger charge is 2.16. The van der Waals surface area contributed by atoms with Crippen molar-refractivity contribution >= 4 is 23.8 Å². The number of carboxylic acids is 1. The topological polar surface area (TPSA) is 122 Å². The fourth-order valence-electron chi connectivity index (χ4n) is 0.916. The van der Waals surface area contributed by atoms with Gasteiger partial charge in [-0.25, -0.2) is 4.79 Å². The lowest BCUT2D eigenvalue weighted by atomic mass is 10.4. The zero-order valence-electron chi connectivity index (χ0n) is 10.4. The molecule has 0 aliphatic carbocycles. The Balaban J connectivity index is 4.56. The molecule has 0 heterocycles. The molecule has 0 unspecified atom stereocenters. The van der Waals surface area contributed by atoms with Crippen LogP contribution in [-0.4, -0.2) is 61.2 Å². The first-order chi connectivity index (χ1) is 8.88. The third-order valence-corrected chi connectivity index (χ3v) is 1.74. The van der Waals surface area contributed by atoms with Crippen LogP contribution in [0.25, 0.3) is 0 Å². The summed E-state index contributed by atoms with van der Waals surface area (Å²) < 4.78 is 8.76. The Hall–Kier alpha value is -2.42. The minimum Gasteiger partial charge on any atom is -0.478 e. The SMILES string of the molecule is COC(=O)CN(CC(=O)OC)NC(=O)C=CC(=O)O. The minimum atomic E-state index is -1.30. The quantitative estimate of drug-likeness (QED) is 0.320. The van der Waals surface area contributed by atoms with Gasteiger partial charge in [-0.05, 0) is 0 Å². The Kier molecular flexibility index (Phi) is 7.54. The first-order valence-corrected chi connectivity index (χ1v) is 4.99. The highest BCUT2D eigenvalue weighted by molar-refractivity contribution is 5.93. The van der Waals surface area contributed by atoms with E-state index >= 15 is 0 Å². The maximum Gasteiger partial charge on any atom is 0.328 e. The molecule has 106 valence electrons. The summed E-state index contributed by atoms with van der Waals surface area (Å²) in [7, 11) is 2.29. The van der Waals surface area contributed by atoms with E-state index in [1.54, 1.807) is 0 Å². The molecule has 19 heavy (non-hydrogen) atoms. The minimum absolute atomic E-state index is 0.391. The Morgan fingerprint density at radius 2 is 1.53 bits per heavy atom. The van der Waals surface area contributed by atoms with Crippen LogP contribution in [0.1, 0.15) is 0 Å². The second-order valence-electron chi connectivity index (χ2n) is 3.16. The van der Waals surface area contributed by atoms with Gasteiger partial charge in [-0.3, -0.25) is 19.8 Å². The summed E-state index contributed by atoms with van der Waals surface area (Å²) >= 11 is 0. The molecule has 0 spiro atoms. The molecular formula is C10H14N2O7. The van der Waals surface area contributed by atoms with Crippen LogP contribution in [0.4, 0.5) is 0 Å². The van der Waals surface area contributed by atoms with Crippen molar-refractivity contribution in [2.45, 2.75) is 0 Å². The third kappa shape index (κ3) is 8.32. The number of hydrogen-bond acceptors (Lipinski definition) is 7. The molecule has 9 nitrogen and oxygen atoms in total. The van der Waals surface area contributed by atoms with E-state index in [4.69, 9.17) is 5.11 Å². The standard InChI is InChI=1S/C10H14N2O7/c1-18-9(16)5-12(6-10(17)19-2)11-7(13)3-4-8(14)15/h3-4H,5-6H2,1-2H3,(H,11,13)(H,14,15). The number of rotatable bonds is 7. The number of carbonyl (C=O) groups excluding carboxylic acids is 3. The fourth-order valence-corrected chi connectivity index (χ4v) is 0.916. The first kappa shape index (κ1) is 16.6. The summed E-state index contributed by atoms with van der Waals surface area (Å²) in [6, 6.07) is 0. The van der Waals surface area contributed by atoms with Crippen molar-refractivity contribution in [3.05, 3.63) is 12.2 Å². The third-order valence-electron chi connectivity index (χ3n) is 1.74. The average Bonchev–Trinajstić information content (AvgIpc) is 2.35. The average molecular weight is 274 g/mol. The molecule has 0 rings (SSSR count). The van der Waals surface area contributed by atoms with E-state index in [-0.39, 0.29) is 0 Å². The summed E-state index contributed by atoms with van der Waals surface area (Å²) in [5.41, 5.74) is 2.15. The van der Waals surface area contributed by atoms with Crippen LogP contribution < -0.4 is 5.43 Å². The lowest BCUT2D eigenvalue weighted by Gasteiger charge is -2.19. The van der Waals surface area contributed by atoms with Crippen molar-refractivity contribution in [3.63, 3.8) is 0 Å². The van der Waals surface area contributed by atoms with Crippen LogP contribution >= 0.6 is 0 Å². The van der Waals surface area contributed by atoms with E-state index in [1.807, 2.05) is 0 Å². The number of hydrogen-bond donors (Lipinski definition) is 2. The lowest BCUT2D eigenvalue weighted by molar-refractivity contribution is -0.148. The highest BCUT2D eigenvalue weighted by atomic mass is 16.5. The number of hydrazine groups is 1. The summed E-state index contributed by atoms with van der Waals surface area (Å²) in [6.07, 6.45) is 1.35. The number of aliphatic carboxylic acids is 1. The number of nitrogens with one attached hydrogen (secondary N) is 1. The predicted octanol–water partition coefficient (Wildman–Crippen LogP) is -1.69. The van der Waals surface area contributed by atoms with Gasteiger partial charge in [0, 0.05) is 12.2 Å². The van der Waals surface area contributed by atoms with E-state index in [1.165, 1.54) is 0 Å². The number of amides is 1. The lowest BCUT2D eigenvalue weighted by Crippen LogP contribution is -2.47. The summed E-state index contributed by atoms with van der Waals surface area (Å²) in [5, 5.41) is 9.27. The van der Waals surface area contributed by atoms with Crippen LogP contribution in [0.2, 0.25) is 0 Å². The Morgan fingerprint density at radius 3 is 1.89 bits per heavy atom. The normalized spacial score (nSPS) is 10.3. The molecule has 0 aliphatic heterocycles. The summed E-state index contributed by atoms with van der Waals surface area (Å²) in [5.74, 6) is -3.49. The van der Waals surface area contributed by atoms with Crippen LogP contribution in [0.15, 0.2) is 12.2 Å². The monoisotopic (exact) mass is 274 g/mol. The molecule has 1 amide bonds. The van der Waals surface area contributed by atoms with Gasteiger partial charge in [-0.2, -0.15) is 5.01 Å². The van der Waals surface area contributed by atoms with Crippen molar-refractivity contribution < 1.29 is 33.8 Å². The molecule has 0 aromatic heterocycles. The van der Waals surface area contributed by atoms with Gasteiger partial charge >= 0.3 is 17.9 Å². The number of esters is 2. The zero-order chi connectivity index (χ0) is 14.8. The molecule has 0 fully saturated rings. The van der Waals surface area contributed by atoms with Gasteiger partial charge in [0.25, 0.3) is 5.91 Å². The molecule has 0 saturated heterocycles. The maximum atomic E-state index is 11.3. The molecule has 0 aliphatic rings. The van der Waals surface area contributed by atoms with E-state index in [0.29, 0.717) is 6.08 Å². The zero-order valence-corrected chi connectivity index (χ0v) is 10.4. The molecule has 0 aromatic carbocycles. The van der Waals surface area contributed by atoms with Crippen LogP contribution in [0.3, 0.4) is 0 Å². The molecular weight excluding hydrogens is 260 g/mol. The number of methoxy groups -OCH3 is 2. The summed E-state index contributed by atoms with van der Waals surface area (Å²) in [4.78, 5) is 43.6. The maximum absolute atomic E-state index is 11.3. The van der Waals surface area contributed by atoms with Crippen LogP contribution in [-0.2, 0) is 28.7 Å². The second-order valence-corrected chi connectivity index (χ2v) is 3.16. The van der Waals surface area contributed by atoms with E-state index < -0.39 is 36.9 Å². The molecule has 0 saturated carbocycles. The predicted molar refractivity (Wildman–Crippen MR) is 60.5 cm³/mol. The molecule has 9 heteroatoms. The van der Waals surface area contributed by atoms with Gasteiger partial charge < -0.3 is 14.6 Å². The number of carboxylic acid groups (broad SMARTS) is 1. The Labute approximate surface area is 108 Å². The van der Waals surface area contributed by atoms with Gasteiger partial charge in [-0.15, -0.1) is 0 Å². The van der Waals surface area contributed by atoms with E-state index in [9.17, 15) is 19.2 Å². The van der Waals surface area contributed by atoms with Gasteiger partial charge in [-0.1, -0.05) is 0 Å². The van der Waals surface area contributed by atoms with Crippen LogP contribution in [0.5, 0.6) is 0 Å². The molecule has 0 radical (unpaired) electrons. The van der Waals surface area contributed by atoms with Gasteiger partial charge in [0.15, 0.2) is 0 Å². The highest BCUT2D eigenvalue weighted by Crippen LogP contribution is 1.88. The number of ether oxygens (including phenoxy) is 2. The molecule has 0 bridgehead atoms. The fraction of sp³-hybridized carbons (Fsp3) is 0.400. The number of carbonyl (C=O) groups is 4. The molecule has 0 aromatic rings. The second kappa shape index (κ2) is 8.64. The Bertz CT molecular complexity index is 373. The van der Waals surface area contributed by atoms with Crippen molar-refractivity contribution in [2.75, 3.05) is 27.3 Å². The largest absolute Gasteiger partial charge is 0.478 e. The van der Waals surface area contributed by atoms with Crippen molar-refractivity contribution in [3.8, 4) is 0 Å². The van der Waals surface area contributed by atoms with Gasteiger partial charge in [0.1, 0.15) is 13.1 Å². The summed E-state index contributed by atoms with van der Waals surface area (Å²) in [6.45, 7) is -0.781. The number of nitrogens with zero attached hydrogens (tertiary/aromatic N) is 1. The molecule has 2 N–H and O–H groups in total. The Morgan fingerprint density at radius 1 is 1.05 bits per heavy atom. The van der Waals surface area contributed by atoms with E-state index in [2.05, 4.69) is 14.9 Å². The van der Waals surface area contributed by atoms with E-state index in [0.717, 1.165) is 25.3 Å². The molecule has 0 atom stereocenters. The van der Waals surface area contributed by atoms with Crippen molar-refractivity contribution in [1.29, 1.82) is 0 Å². The van der Waals surface area contributed by atoms with Crippen LogP contribution in [0, 0.1) is 0 Å². The smallest absolute Gasteiger partial charge is 0.328 e. The first-order valence-electron chi connectivity index (χ1n) is 4.99. The van der Waals surface area contributed by atoms with Crippen molar-refractivity contribution in [1.82, 2.24) is 10.4 Å². The van der Waals surface area contributed by atoms with Crippen molar-refractivity contribution in [2.24, 2.45) is 0 Å².